The van der Waals surface area contributed by atoms with E-state index in [-0.39, 0.29) is 5.91 Å². The van der Waals surface area contributed by atoms with Gasteiger partial charge < -0.3 is 5.32 Å². The highest BCUT2D eigenvalue weighted by Gasteiger charge is 2.12. The van der Waals surface area contributed by atoms with Crippen LogP contribution in [0.4, 0.5) is 0 Å². The fraction of sp³-hybridized carbons (Fsp3) is 0.0870. The smallest absolute Gasteiger partial charge is 0.252 e. The molecule has 4 rings (SSSR count). The first-order chi connectivity index (χ1) is 14.7. The fourth-order valence-corrected chi connectivity index (χ4v) is 4.02. The number of amides is 1. The van der Waals surface area contributed by atoms with Crippen LogP contribution in [0.3, 0.4) is 0 Å². The van der Waals surface area contributed by atoms with Gasteiger partial charge in [0.2, 0.25) is 0 Å². The number of rotatable bonds is 7. The molecule has 5 nitrogen and oxygen atoms in total. The zero-order valence-corrected chi connectivity index (χ0v) is 18.4. The van der Waals surface area contributed by atoms with Crippen LogP contribution < -0.4 is 5.32 Å². The Hall–Kier alpha value is -2.90. The number of halogens is 1. The lowest BCUT2D eigenvalue weighted by Crippen LogP contribution is -2.23. The summed E-state index contributed by atoms with van der Waals surface area (Å²) in [4.78, 5) is 18.1. The Labute approximate surface area is 187 Å². The van der Waals surface area contributed by atoms with E-state index in [2.05, 4.69) is 43.5 Å². The number of pyridine rings is 1. The first kappa shape index (κ1) is 20.4. The quantitative estimate of drug-likeness (QED) is 0.397. The van der Waals surface area contributed by atoms with E-state index >= 15 is 0 Å². The highest BCUT2D eigenvalue weighted by Crippen LogP contribution is 2.29. The van der Waals surface area contributed by atoms with Crippen LogP contribution in [0, 0.1) is 0 Å². The van der Waals surface area contributed by atoms with Crippen LogP contribution in [0.25, 0.3) is 0 Å². The van der Waals surface area contributed by atoms with E-state index in [1.807, 2.05) is 65.5 Å². The summed E-state index contributed by atoms with van der Waals surface area (Å²) >= 11 is 4.87. The molecule has 0 radical (unpaired) electrons. The Kier molecular flexibility index (Phi) is 6.61. The van der Waals surface area contributed by atoms with Gasteiger partial charge in [0, 0.05) is 34.5 Å². The number of nitrogens with one attached hydrogen (secondary N) is 1. The van der Waals surface area contributed by atoms with Crippen molar-refractivity contribution >= 4 is 33.6 Å². The molecule has 7 heteroatoms. The Morgan fingerprint density at radius 1 is 1.00 bits per heavy atom. The summed E-state index contributed by atoms with van der Waals surface area (Å²) in [7, 11) is 0. The minimum absolute atomic E-state index is 0.101. The van der Waals surface area contributed by atoms with Gasteiger partial charge in [0.05, 0.1) is 12.1 Å². The lowest BCUT2D eigenvalue weighted by Gasteiger charge is -2.10. The molecular weight excluding hydrogens is 460 g/mol. The standard InChI is InChI=1S/C23H19BrN4OS/c24-19-10-11-22(25-15-19)30-21-5-2-1-4-20(21)23(29)26-14-17-6-8-18(9-7-17)16-28-13-3-12-27-28/h1-13,15H,14,16H2,(H,26,29). The Morgan fingerprint density at radius 3 is 2.53 bits per heavy atom. The van der Waals surface area contributed by atoms with Crippen molar-refractivity contribution in [3.63, 3.8) is 0 Å². The van der Waals surface area contributed by atoms with Crippen molar-refractivity contribution in [2.75, 3.05) is 0 Å². The molecule has 0 saturated heterocycles. The molecule has 0 aliphatic carbocycles. The molecule has 0 spiro atoms. The summed E-state index contributed by atoms with van der Waals surface area (Å²) in [6, 6.07) is 21.5. The Bertz CT molecular complexity index is 1110. The predicted octanol–water partition coefficient (Wildman–Crippen LogP) is 5.17. The number of hydrogen-bond acceptors (Lipinski definition) is 4. The third kappa shape index (κ3) is 5.37. The number of nitrogens with zero attached hydrogens (tertiary/aromatic N) is 3. The van der Waals surface area contributed by atoms with Gasteiger partial charge in [0.1, 0.15) is 5.03 Å². The Morgan fingerprint density at radius 2 is 1.80 bits per heavy atom. The fourth-order valence-electron chi connectivity index (χ4n) is 2.90. The molecule has 0 fully saturated rings. The van der Waals surface area contributed by atoms with E-state index in [4.69, 9.17) is 0 Å². The lowest BCUT2D eigenvalue weighted by molar-refractivity contribution is 0.0948. The molecule has 4 aromatic rings. The van der Waals surface area contributed by atoms with Crippen LogP contribution in [-0.4, -0.2) is 20.7 Å². The highest BCUT2D eigenvalue weighted by molar-refractivity contribution is 9.10. The summed E-state index contributed by atoms with van der Waals surface area (Å²) in [6.07, 6.45) is 5.46. The first-order valence-electron chi connectivity index (χ1n) is 9.39. The molecule has 0 aliphatic heterocycles. The zero-order chi connectivity index (χ0) is 20.8. The summed E-state index contributed by atoms with van der Waals surface area (Å²) in [5.74, 6) is -0.101. The van der Waals surface area contributed by atoms with Crippen molar-refractivity contribution in [3.05, 3.63) is 106 Å². The summed E-state index contributed by atoms with van der Waals surface area (Å²) in [6.45, 7) is 1.20. The molecule has 2 aromatic carbocycles. The molecule has 0 unspecified atom stereocenters. The van der Waals surface area contributed by atoms with Gasteiger partial charge >= 0.3 is 0 Å². The van der Waals surface area contributed by atoms with Crippen molar-refractivity contribution in [1.82, 2.24) is 20.1 Å². The van der Waals surface area contributed by atoms with E-state index in [1.54, 1.807) is 12.4 Å². The monoisotopic (exact) mass is 478 g/mol. The van der Waals surface area contributed by atoms with Crippen LogP contribution in [0.15, 0.2) is 99.7 Å². The van der Waals surface area contributed by atoms with Gasteiger partial charge in [-0.2, -0.15) is 5.10 Å². The van der Waals surface area contributed by atoms with Crippen molar-refractivity contribution in [2.24, 2.45) is 0 Å². The average molecular weight is 479 g/mol. The minimum Gasteiger partial charge on any atom is -0.348 e. The first-order valence-corrected chi connectivity index (χ1v) is 11.0. The maximum atomic E-state index is 12.8. The third-order valence-electron chi connectivity index (χ3n) is 4.43. The molecule has 0 atom stereocenters. The van der Waals surface area contributed by atoms with Gasteiger partial charge in [-0.25, -0.2) is 4.98 Å². The van der Waals surface area contributed by atoms with Gasteiger partial charge in [0.25, 0.3) is 5.91 Å². The van der Waals surface area contributed by atoms with Crippen LogP contribution >= 0.6 is 27.7 Å². The molecule has 2 aromatic heterocycles. The molecule has 150 valence electrons. The number of carbonyl (C=O) groups excluding carboxylic acids is 1. The number of benzene rings is 2. The topological polar surface area (TPSA) is 59.8 Å². The third-order valence-corrected chi connectivity index (χ3v) is 5.92. The normalized spacial score (nSPS) is 10.7. The van der Waals surface area contributed by atoms with Gasteiger partial charge in [-0.1, -0.05) is 48.2 Å². The molecule has 0 aliphatic rings. The average Bonchev–Trinajstić information content (AvgIpc) is 3.28. The maximum absolute atomic E-state index is 12.8. The molecule has 30 heavy (non-hydrogen) atoms. The number of hydrogen-bond donors (Lipinski definition) is 1. The van der Waals surface area contributed by atoms with Crippen molar-refractivity contribution in [2.45, 2.75) is 23.0 Å². The summed E-state index contributed by atoms with van der Waals surface area (Å²) < 4.78 is 2.81. The largest absolute Gasteiger partial charge is 0.348 e. The van der Waals surface area contributed by atoms with Crippen molar-refractivity contribution in [3.8, 4) is 0 Å². The minimum atomic E-state index is -0.101. The van der Waals surface area contributed by atoms with E-state index in [0.717, 1.165) is 32.1 Å². The SMILES string of the molecule is O=C(NCc1ccc(Cn2cccn2)cc1)c1ccccc1Sc1ccc(Br)cn1. The van der Waals surface area contributed by atoms with Crippen LogP contribution in [-0.2, 0) is 13.1 Å². The summed E-state index contributed by atoms with van der Waals surface area (Å²) in [5.41, 5.74) is 2.85. The second-order valence-electron chi connectivity index (χ2n) is 6.62. The van der Waals surface area contributed by atoms with Crippen molar-refractivity contribution in [1.29, 1.82) is 0 Å². The number of aromatic nitrogens is 3. The molecule has 1 amide bonds. The molecule has 0 saturated carbocycles. The van der Waals surface area contributed by atoms with E-state index in [9.17, 15) is 4.79 Å². The molecule has 0 bridgehead atoms. The zero-order valence-electron chi connectivity index (χ0n) is 16.0. The van der Waals surface area contributed by atoms with Crippen LogP contribution in [0.5, 0.6) is 0 Å². The summed E-state index contributed by atoms with van der Waals surface area (Å²) in [5, 5.41) is 8.08. The van der Waals surface area contributed by atoms with Gasteiger partial charge in [-0.15, -0.1) is 0 Å². The molecule has 2 heterocycles. The predicted molar refractivity (Wildman–Crippen MR) is 121 cm³/mol. The van der Waals surface area contributed by atoms with E-state index in [0.29, 0.717) is 12.1 Å². The van der Waals surface area contributed by atoms with E-state index in [1.165, 1.54) is 11.8 Å². The second-order valence-corrected chi connectivity index (χ2v) is 8.59. The second kappa shape index (κ2) is 9.73. The van der Waals surface area contributed by atoms with Crippen LogP contribution in [0.2, 0.25) is 0 Å². The van der Waals surface area contributed by atoms with E-state index < -0.39 is 0 Å². The van der Waals surface area contributed by atoms with Crippen molar-refractivity contribution < 1.29 is 4.79 Å². The highest BCUT2D eigenvalue weighted by atomic mass is 79.9. The van der Waals surface area contributed by atoms with Crippen LogP contribution in [0.1, 0.15) is 21.5 Å². The molecule has 1 N–H and O–H groups in total. The Balaban J connectivity index is 1.38. The van der Waals surface area contributed by atoms with Gasteiger partial charge in [0.15, 0.2) is 0 Å². The number of carbonyl (C=O) groups is 1. The lowest BCUT2D eigenvalue weighted by atomic mass is 10.1. The van der Waals surface area contributed by atoms with Gasteiger partial charge in [-0.05, 0) is 57.4 Å². The molecular formula is C23H19BrN4OS. The van der Waals surface area contributed by atoms with Gasteiger partial charge in [-0.3, -0.25) is 9.48 Å². The maximum Gasteiger partial charge on any atom is 0.252 e.